The van der Waals surface area contributed by atoms with Gasteiger partial charge >= 0.3 is 0 Å². The summed E-state index contributed by atoms with van der Waals surface area (Å²) in [6.45, 7) is 6.55. The summed E-state index contributed by atoms with van der Waals surface area (Å²) < 4.78 is 0. The van der Waals surface area contributed by atoms with E-state index >= 15 is 0 Å². The Bertz CT molecular complexity index is 1260. The molecule has 1 saturated carbocycles. The van der Waals surface area contributed by atoms with Crippen molar-refractivity contribution in [1.29, 1.82) is 0 Å². The van der Waals surface area contributed by atoms with Gasteiger partial charge in [0.05, 0.1) is 0 Å². The Morgan fingerprint density at radius 1 is 0.514 bits per heavy atom. The molecular weight excluding hydrogens is 446 g/mol. The minimum Gasteiger partial charge on any atom is -0.311 e. The van der Waals surface area contributed by atoms with Crippen molar-refractivity contribution in [2.24, 2.45) is 0 Å². The maximum Gasteiger partial charge on any atom is 0.0461 e. The molecule has 4 aromatic rings. The Morgan fingerprint density at radius 3 is 1.38 bits per heavy atom. The highest BCUT2D eigenvalue weighted by Gasteiger charge is 2.34. The van der Waals surface area contributed by atoms with Gasteiger partial charge in [-0.3, -0.25) is 0 Å². The Labute approximate surface area is 224 Å². The van der Waals surface area contributed by atoms with E-state index in [4.69, 9.17) is 0 Å². The van der Waals surface area contributed by atoms with Crippen LogP contribution in [0.3, 0.4) is 0 Å². The summed E-state index contributed by atoms with van der Waals surface area (Å²) in [4.78, 5) is 2.39. The summed E-state index contributed by atoms with van der Waals surface area (Å²) in [7, 11) is 0. The van der Waals surface area contributed by atoms with E-state index in [2.05, 4.69) is 123 Å². The molecule has 1 nitrogen and oxygen atoms in total. The lowest BCUT2D eigenvalue weighted by Crippen LogP contribution is -2.29. The van der Waals surface area contributed by atoms with Gasteiger partial charge in [-0.1, -0.05) is 111 Å². The molecule has 0 unspecified atom stereocenters. The van der Waals surface area contributed by atoms with Crippen molar-refractivity contribution >= 4 is 17.1 Å². The molecule has 0 aliphatic heterocycles. The molecule has 0 spiro atoms. The van der Waals surface area contributed by atoms with Crippen molar-refractivity contribution in [1.82, 2.24) is 0 Å². The fourth-order valence-electron chi connectivity index (χ4n) is 6.08. The van der Waals surface area contributed by atoms with Crippen molar-refractivity contribution in [3.63, 3.8) is 0 Å². The number of anilines is 3. The molecule has 1 heteroatoms. The lowest BCUT2D eigenvalue weighted by molar-refractivity contribution is 0.366. The SMILES string of the molecule is CCc1ccc(N(c2ccc(C)cc2)c2ccc(C3(c4ccc(C)cc4)CCCCCCC3)cc2)cc1. The first-order valence-electron chi connectivity index (χ1n) is 14.2. The topological polar surface area (TPSA) is 3.24 Å². The van der Waals surface area contributed by atoms with Gasteiger partial charge in [0.15, 0.2) is 0 Å². The average molecular weight is 488 g/mol. The lowest BCUT2D eigenvalue weighted by atomic mass is 9.67. The second-order valence-electron chi connectivity index (χ2n) is 11.0. The second kappa shape index (κ2) is 11.4. The van der Waals surface area contributed by atoms with E-state index < -0.39 is 0 Å². The van der Waals surface area contributed by atoms with E-state index in [9.17, 15) is 0 Å². The van der Waals surface area contributed by atoms with Gasteiger partial charge < -0.3 is 4.90 Å². The molecular formula is C36H41N. The van der Waals surface area contributed by atoms with Crippen LogP contribution in [0.15, 0.2) is 97.1 Å². The second-order valence-corrected chi connectivity index (χ2v) is 11.0. The lowest BCUT2D eigenvalue weighted by Gasteiger charge is -2.37. The van der Waals surface area contributed by atoms with Gasteiger partial charge in [0.25, 0.3) is 0 Å². The van der Waals surface area contributed by atoms with Crippen molar-refractivity contribution in [2.45, 2.75) is 77.6 Å². The van der Waals surface area contributed by atoms with Crippen molar-refractivity contribution in [2.75, 3.05) is 4.90 Å². The summed E-state index contributed by atoms with van der Waals surface area (Å²) in [6.07, 6.45) is 10.2. The molecule has 0 amide bonds. The Hall–Kier alpha value is -3.32. The van der Waals surface area contributed by atoms with Crippen LogP contribution in [0.1, 0.15) is 79.7 Å². The highest BCUT2D eigenvalue weighted by atomic mass is 15.1. The molecule has 5 rings (SSSR count). The molecule has 0 radical (unpaired) electrons. The zero-order valence-electron chi connectivity index (χ0n) is 22.8. The first-order chi connectivity index (χ1) is 18.1. The van der Waals surface area contributed by atoms with Gasteiger partial charge in [0, 0.05) is 22.5 Å². The molecule has 0 atom stereocenters. The van der Waals surface area contributed by atoms with Crippen LogP contribution in [0.4, 0.5) is 17.1 Å². The van der Waals surface area contributed by atoms with Crippen LogP contribution in [-0.2, 0) is 11.8 Å². The molecule has 1 fully saturated rings. The summed E-state index contributed by atoms with van der Waals surface area (Å²) >= 11 is 0. The van der Waals surface area contributed by atoms with Crippen LogP contribution in [-0.4, -0.2) is 0 Å². The van der Waals surface area contributed by atoms with E-state index in [0.717, 1.165) is 6.42 Å². The fraction of sp³-hybridized carbons (Fsp3) is 0.333. The van der Waals surface area contributed by atoms with Crippen molar-refractivity contribution in [3.8, 4) is 0 Å². The molecule has 4 aromatic carbocycles. The largest absolute Gasteiger partial charge is 0.311 e. The third-order valence-corrected chi connectivity index (χ3v) is 8.38. The van der Waals surface area contributed by atoms with Crippen LogP contribution >= 0.6 is 0 Å². The van der Waals surface area contributed by atoms with Crippen molar-refractivity contribution < 1.29 is 0 Å². The average Bonchev–Trinajstić information content (AvgIpc) is 2.92. The number of hydrogen-bond acceptors (Lipinski definition) is 1. The van der Waals surface area contributed by atoms with E-state index in [0.29, 0.717) is 0 Å². The normalized spacial score (nSPS) is 15.5. The zero-order valence-corrected chi connectivity index (χ0v) is 22.8. The highest BCUT2D eigenvalue weighted by Crippen LogP contribution is 2.44. The monoisotopic (exact) mass is 487 g/mol. The van der Waals surface area contributed by atoms with Crippen LogP contribution in [0.25, 0.3) is 0 Å². The summed E-state index contributed by atoms with van der Waals surface area (Å²) in [5.74, 6) is 0. The Kier molecular flexibility index (Phi) is 7.79. The minimum atomic E-state index is 0.101. The molecule has 0 bridgehead atoms. The van der Waals surface area contributed by atoms with Gasteiger partial charge in [0.1, 0.15) is 0 Å². The number of aryl methyl sites for hydroxylation is 3. The predicted octanol–water partition coefficient (Wildman–Crippen LogP) is 10.4. The number of rotatable bonds is 6. The van der Waals surface area contributed by atoms with Gasteiger partial charge in [-0.25, -0.2) is 0 Å². The van der Waals surface area contributed by atoms with Gasteiger partial charge in [-0.05, 0) is 86.2 Å². The maximum absolute atomic E-state index is 2.42. The predicted molar refractivity (Wildman–Crippen MR) is 160 cm³/mol. The number of nitrogens with zero attached hydrogens (tertiary/aromatic N) is 1. The van der Waals surface area contributed by atoms with E-state index in [1.54, 1.807) is 0 Å². The summed E-state index contributed by atoms with van der Waals surface area (Å²) in [5, 5.41) is 0. The smallest absolute Gasteiger partial charge is 0.0461 e. The van der Waals surface area contributed by atoms with Crippen LogP contribution in [0, 0.1) is 13.8 Å². The number of benzene rings is 4. The summed E-state index contributed by atoms with van der Waals surface area (Å²) in [5.41, 5.74) is 10.6. The van der Waals surface area contributed by atoms with Crippen LogP contribution in [0.2, 0.25) is 0 Å². The molecule has 190 valence electrons. The molecule has 1 aliphatic carbocycles. The van der Waals surface area contributed by atoms with Gasteiger partial charge in [-0.2, -0.15) is 0 Å². The number of hydrogen-bond donors (Lipinski definition) is 0. The first-order valence-corrected chi connectivity index (χ1v) is 14.2. The Morgan fingerprint density at radius 2 is 0.892 bits per heavy atom. The molecule has 1 aliphatic rings. The van der Waals surface area contributed by atoms with E-state index in [1.165, 1.54) is 89.8 Å². The molecule has 0 saturated heterocycles. The van der Waals surface area contributed by atoms with Crippen LogP contribution < -0.4 is 4.90 Å². The molecule has 0 N–H and O–H groups in total. The highest BCUT2D eigenvalue weighted by molar-refractivity contribution is 5.76. The van der Waals surface area contributed by atoms with Gasteiger partial charge in [-0.15, -0.1) is 0 Å². The molecule has 37 heavy (non-hydrogen) atoms. The maximum atomic E-state index is 2.42. The van der Waals surface area contributed by atoms with E-state index in [1.807, 2.05) is 0 Å². The summed E-state index contributed by atoms with van der Waals surface area (Å²) in [6, 6.07) is 36.8. The quantitative estimate of drug-likeness (QED) is 0.261. The molecule has 0 heterocycles. The van der Waals surface area contributed by atoms with E-state index in [-0.39, 0.29) is 5.41 Å². The molecule has 0 aromatic heterocycles. The van der Waals surface area contributed by atoms with Crippen LogP contribution in [0.5, 0.6) is 0 Å². The van der Waals surface area contributed by atoms with Gasteiger partial charge in [0.2, 0.25) is 0 Å². The minimum absolute atomic E-state index is 0.101. The third-order valence-electron chi connectivity index (χ3n) is 8.38. The third kappa shape index (κ3) is 5.52. The van der Waals surface area contributed by atoms with Crippen molar-refractivity contribution in [3.05, 3.63) is 125 Å². The standard InChI is InChI=1S/C36H41N/c1-4-30-14-22-34(23-15-30)37(33-20-12-29(3)13-21-33)35-24-18-32(19-25-35)36(26-8-6-5-7-9-27-36)31-16-10-28(2)11-17-31/h10-25H,4-9,26-27H2,1-3H3. The zero-order chi connectivity index (χ0) is 25.7. The fourth-order valence-corrected chi connectivity index (χ4v) is 6.08. The first kappa shape index (κ1) is 25.3. The Balaban J connectivity index is 1.56.